The van der Waals surface area contributed by atoms with Crippen molar-refractivity contribution in [3.8, 4) is 0 Å². The summed E-state index contributed by atoms with van der Waals surface area (Å²) >= 11 is 0. The molecule has 0 saturated carbocycles. The van der Waals surface area contributed by atoms with Gasteiger partial charge in [-0.2, -0.15) is 0 Å². The topological polar surface area (TPSA) is 59.3 Å². The molecule has 4 nitrogen and oxygen atoms in total. The molecule has 2 aromatic rings. The zero-order valence-corrected chi connectivity index (χ0v) is 9.74. The van der Waals surface area contributed by atoms with Gasteiger partial charge in [0.15, 0.2) is 11.6 Å². The lowest BCUT2D eigenvalue weighted by atomic mass is 10.1. The van der Waals surface area contributed by atoms with Crippen LogP contribution in [0.15, 0.2) is 16.9 Å². The molecule has 0 atom stereocenters. The number of carbonyl (C=O) groups is 1. The largest absolute Gasteiger partial charge is 0.477 e. The van der Waals surface area contributed by atoms with Crippen molar-refractivity contribution in [1.29, 1.82) is 0 Å². The number of pyridine rings is 1. The van der Waals surface area contributed by atoms with Crippen molar-refractivity contribution in [2.75, 3.05) is 0 Å². The Bertz CT molecular complexity index is 780. The Morgan fingerprint density at radius 2 is 1.95 bits per heavy atom. The van der Waals surface area contributed by atoms with Crippen molar-refractivity contribution < 1.29 is 18.7 Å². The van der Waals surface area contributed by atoms with Gasteiger partial charge in [0.25, 0.3) is 0 Å². The molecule has 0 amide bonds. The average molecular weight is 265 g/mol. The molecular formula is C13H9F2NO3. The van der Waals surface area contributed by atoms with Crippen molar-refractivity contribution in [2.45, 2.75) is 19.4 Å². The van der Waals surface area contributed by atoms with Crippen LogP contribution >= 0.6 is 0 Å². The highest BCUT2D eigenvalue weighted by Gasteiger charge is 2.25. The second-order valence-electron chi connectivity index (χ2n) is 4.49. The van der Waals surface area contributed by atoms with Crippen LogP contribution in [0.4, 0.5) is 8.78 Å². The van der Waals surface area contributed by atoms with E-state index in [1.54, 1.807) is 4.57 Å². The Morgan fingerprint density at radius 3 is 2.63 bits per heavy atom. The van der Waals surface area contributed by atoms with E-state index >= 15 is 0 Å². The van der Waals surface area contributed by atoms with E-state index in [2.05, 4.69) is 0 Å². The summed E-state index contributed by atoms with van der Waals surface area (Å²) in [6.45, 7) is 0.497. The Balaban J connectivity index is 2.55. The van der Waals surface area contributed by atoms with E-state index in [1.807, 2.05) is 0 Å². The van der Waals surface area contributed by atoms with Crippen LogP contribution in [0.3, 0.4) is 0 Å². The van der Waals surface area contributed by atoms with Gasteiger partial charge in [-0.25, -0.2) is 13.6 Å². The number of benzene rings is 1. The van der Waals surface area contributed by atoms with Crippen LogP contribution in [-0.2, 0) is 13.0 Å². The first-order valence-corrected chi connectivity index (χ1v) is 5.78. The quantitative estimate of drug-likeness (QED) is 0.857. The van der Waals surface area contributed by atoms with E-state index < -0.39 is 23.0 Å². The number of fused-ring (bicyclic) bond motifs is 3. The first-order chi connectivity index (χ1) is 9.00. The predicted molar refractivity (Wildman–Crippen MR) is 63.4 cm³/mol. The maximum Gasteiger partial charge on any atom is 0.341 e. The number of nitrogens with zero attached hydrogens (tertiary/aromatic N) is 1. The molecule has 0 fully saturated rings. The molecule has 3 rings (SSSR count). The van der Waals surface area contributed by atoms with Crippen molar-refractivity contribution in [3.63, 3.8) is 0 Å². The Hall–Kier alpha value is -2.24. The maximum atomic E-state index is 13.3. The van der Waals surface area contributed by atoms with Crippen molar-refractivity contribution >= 4 is 16.9 Å². The van der Waals surface area contributed by atoms with Gasteiger partial charge < -0.3 is 9.67 Å². The van der Waals surface area contributed by atoms with Gasteiger partial charge in [0.05, 0.1) is 5.52 Å². The van der Waals surface area contributed by atoms with Gasteiger partial charge in [-0.05, 0) is 18.9 Å². The fourth-order valence-electron chi connectivity index (χ4n) is 2.63. The summed E-state index contributed by atoms with van der Waals surface area (Å²) in [6, 6.07) is 1.72. The van der Waals surface area contributed by atoms with Gasteiger partial charge in [-0.15, -0.1) is 0 Å². The van der Waals surface area contributed by atoms with Crippen LogP contribution in [-0.4, -0.2) is 15.6 Å². The number of aromatic nitrogens is 1. The van der Waals surface area contributed by atoms with Crippen LogP contribution in [0.5, 0.6) is 0 Å². The minimum Gasteiger partial charge on any atom is -0.477 e. The molecule has 1 N–H and O–H groups in total. The average Bonchev–Trinajstić information content (AvgIpc) is 2.80. The third kappa shape index (κ3) is 1.56. The third-order valence-corrected chi connectivity index (χ3v) is 3.42. The fourth-order valence-corrected chi connectivity index (χ4v) is 2.63. The molecule has 0 spiro atoms. The molecule has 0 radical (unpaired) electrons. The van der Waals surface area contributed by atoms with Crippen molar-refractivity contribution in [1.82, 2.24) is 4.57 Å². The van der Waals surface area contributed by atoms with Crippen LogP contribution in [0.2, 0.25) is 0 Å². The molecule has 0 bridgehead atoms. The normalized spacial score (nSPS) is 13.8. The molecule has 1 aromatic carbocycles. The highest BCUT2D eigenvalue weighted by atomic mass is 19.2. The minimum atomic E-state index is -1.33. The second kappa shape index (κ2) is 3.88. The van der Waals surface area contributed by atoms with Crippen LogP contribution in [0.1, 0.15) is 22.5 Å². The lowest BCUT2D eigenvalue weighted by Crippen LogP contribution is -2.21. The Labute approximate surface area is 105 Å². The molecule has 2 heterocycles. The number of hydrogen-bond donors (Lipinski definition) is 1. The number of carboxylic acids is 1. The van der Waals surface area contributed by atoms with Crippen LogP contribution < -0.4 is 5.43 Å². The van der Waals surface area contributed by atoms with Gasteiger partial charge in [0.1, 0.15) is 5.56 Å². The number of rotatable bonds is 1. The fraction of sp³-hybridized carbons (Fsp3) is 0.231. The van der Waals surface area contributed by atoms with Crippen LogP contribution in [0, 0.1) is 11.6 Å². The first kappa shape index (κ1) is 11.8. The van der Waals surface area contributed by atoms with Gasteiger partial charge in [-0.3, -0.25) is 4.79 Å². The van der Waals surface area contributed by atoms with E-state index in [4.69, 9.17) is 5.11 Å². The number of hydrogen-bond acceptors (Lipinski definition) is 2. The first-order valence-electron chi connectivity index (χ1n) is 5.78. The van der Waals surface area contributed by atoms with E-state index in [-0.39, 0.29) is 16.5 Å². The summed E-state index contributed by atoms with van der Waals surface area (Å²) in [4.78, 5) is 23.3. The van der Waals surface area contributed by atoms with Gasteiger partial charge in [-0.1, -0.05) is 0 Å². The second-order valence-corrected chi connectivity index (χ2v) is 4.49. The predicted octanol–water partition coefficient (Wildman–Crippen LogP) is 1.92. The Morgan fingerprint density at radius 1 is 1.26 bits per heavy atom. The molecule has 0 aliphatic carbocycles. The number of halogens is 2. The van der Waals surface area contributed by atoms with Crippen molar-refractivity contribution in [2.24, 2.45) is 0 Å². The van der Waals surface area contributed by atoms with E-state index in [0.717, 1.165) is 12.1 Å². The highest BCUT2D eigenvalue weighted by molar-refractivity contribution is 5.94. The molecule has 19 heavy (non-hydrogen) atoms. The summed E-state index contributed by atoms with van der Waals surface area (Å²) in [7, 11) is 0. The SMILES string of the molecule is O=C(O)c1c2n(c3cc(F)c(F)cc3c1=O)CCC2. The number of aromatic carboxylic acids is 1. The summed E-state index contributed by atoms with van der Waals surface area (Å²) in [6.07, 6.45) is 1.13. The molecular weight excluding hydrogens is 256 g/mol. The van der Waals surface area contributed by atoms with Gasteiger partial charge in [0, 0.05) is 23.7 Å². The van der Waals surface area contributed by atoms with Gasteiger partial charge in [0.2, 0.25) is 5.43 Å². The molecule has 1 aliphatic rings. The molecule has 6 heteroatoms. The summed E-state index contributed by atoms with van der Waals surface area (Å²) in [5.74, 6) is -3.53. The van der Waals surface area contributed by atoms with E-state index in [0.29, 0.717) is 25.1 Å². The standard InChI is InChI=1S/C13H9F2NO3/c14-7-4-6-10(5-8(7)15)16-3-1-2-9(16)11(12(6)17)13(18)19/h4-5H,1-3H2,(H,18,19). The maximum absolute atomic E-state index is 13.3. The van der Waals surface area contributed by atoms with Gasteiger partial charge >= 0.3 is 5.97 Å². The number of aryl methyl sites for hydroxylation is 1. The minimum absolute atomic E-state index is 0.0954. The van der Waals surface area contributed by atoms with Crippen molar-refractivity contribution in [3.05, 3.63) is 45.2 Å². The monoisotopic (exact) mass is 265 g/mol. The molecule has 1 aromatic heterocycles. The zero-order valence-electron chi connectivity index (χ0n) is 9.74. The highest BCUT2D eigenvalue weighted by Crippen LogP contribution is 2.25. The lowest BCUT2D eigenvalue weighted by molar-refractivity contribution is 0.0694. The molecule has 98 valence electrons. The summed E-state index contributed by atoms with van der Waals surface area (Å²) < 4.78 is 28.1. The third-order valence-electron chi connectivity index (χ3n) is 3.42. The molecule has 0 saturated heterocycles. The van der Waals surface area contributed by atoms with Crippen LogP contribution in [0.25, 0.3) is 10.9 Å². The van der Waals surface area contributed by atoms with E-state index in [1.165, 1.54) is 0 Å². The Kier molecular flexibility index (Phi) is 2.41. The van der Waals surface area contributed by atoms with E-state index in [9.17, 15) is 18.4 Å². The smallest absolute Gasteiger partial charge is 0.341 e. The lowest BCUT2D eigenvalue weighted by Gasteiger charge is -2.12. The molecule has 1 aliphatic heterocycles. The summed E-state index contributed by atoms with van der Waals surface area (Å²) in [5, 5.41) is 9.04. The molecule has 0 unspecified atom stereocenters. The number of carboxylic acid groups (broad SMARTS) is 1. The summed E-state index contributed by atoms with van der Waals surface area (Å²) in [5.41, 5.74) is -0.456. The zero-order chi connectivity index (χ0) is 13.7.